The Kier molecular flexibility index (Phi) is 6.57. The number of amides is 1. The molecule has 2 aromatic rings. The van der Waals surface area contributed by atoms with Crippen molar-refractivity contribution in [3.8, 4) is 5.69 Å². The predicted octanol–water partition coefficient (Wildman–Crippen LogP) is 3.73. The van der Waals surface area contributed by atoms with Gasteiger partial charge in [-0.1, -0.05) is 29.3 Å². The van der Waals surface area contributed by atoms with Crippen molar-refractivity contribution in [2.24, 2.45) is 5.92 Å². The zero-order chi connectivity index (χ0) is 20.3. The normalized spacial score (nSPS) is 19.3. The summed E-state index contributed by atoms with van der Waals surface area (Å²) < 4.78 is 6.54. The summed E-state index contributed by atoms with van der Waals surface area (Å²) in [6.45, 7) is 3.92. The molecule has 28 heavy (non-hydrogen) atoms. The summed E-state index contributed by atoms with van der Waals surface area (Å²) in [6.07, 6.45) is 2.82. The molecule has 1 aromatic heterocycles. The summed E-state index contributed by atoms with van der Waals surface area (Å²) in [7, 11) is 0. The van der Waals surface area contributed by atoms with E-state index in [9.17, 15) is 9.59 Å². The molecular formula is C19H22Cl2N4O3. The van der Waals surface area contributed by atoms with Crippen LogP contribution in [0.15, 0.2) is 18.2 Å². The summed E-state index contributed by atoms with van der Waals surface area (Å²) in [6, 6.07) is 5.12. The number of ether oxygens (including phenoxy) is 1. The molecule has 1 saturated carbocycles. The lowest BCUT2D eigenvalue weighted by molar-refractivity contribution is -0.149. The number of carbonyl (C=O) groups excluding carboxylic acids is 2. The quantitative estimate of drug-likeness (QED) is 0.738. The smallest absolute Gasteiger partial charge is 0.308 e. The first-order chi connectivity index (χ1) is 13.4. The fourth-order valence-electron chi connectivity index (χ4n) is 3.37. The molecule has 1 amide bonds. The Bertz CT molecular complexity index is 856. The van der Waals surface area contributed by atoms with Crippen molar-refractivity contribution in [3.05, 3.63) is 39.9 Å². The third-order valence-electron chi connectivity index (χ3n) is 4.80. The molecule has 0 bridgehead atoms. The highest BCUT2D eigenvalue weighted by Crippen LogP contribution is 2.29. The highest BCUT2D eigenvalue weighted by atomic mass is 35.5. The van der Waals surface area contributed by atoms with Crippen molar-refractivity contribution in [1.82, 2.24) is 20.1 Å². The second-order valence-corrected chi connectivity index (χ2v) is 7.55. The van der Waals surface area contributed by atoms with Crippen LogP contribution in [-0.2, 0) is 9.53 Å². The maximum Gasteiger partial charge on any atom is 0.308 e. The number of nitrogens with one attached hydrogen (secondary N) is 1. The minimum atomic E-state index is -0.357. The summed E-state index contributed by atoms with van der Waals surface area (Å²) >= 11 is 12.5. The van der Waals surface area contributed by atoms with Gasteiger partial charge in [0.25, 0.3) is 5.91 Å². The summed E-state index contributed by atoms with van der Waals surface area (Å²) in [5.41, 5.74) is 0.491. The molecule has 150 valence electrons. The second kappa shape index (κ2) is 8.92. The van der Waals surface area contributed by atoms with Crippen LogP contribution in [0.1, 0.15) is 49.1 Å². The monoisotopic (exact) mass is 424 g/mol. The Labute approximate surface area is 173 Å². The number of nitrogens with zero attached hydrogens (tertiary/aromatic N) is 3. The summed E-state index contributed by atoms with van der Waals surface area (Å²) in [5.74, 6) is -0.0354. The molecule has 0 aliphatic heterocycles. The summed E-state index contributed by atoms with van der Waals surface area (Å²) in [4.78, 5) is 28.7. The number of hydrogen-bond donors (Lipinski definition) is 1. The molecule has 0 radical (unpaired) electrons. The van der Waals surface area contributed by atoms with Gasteiger partial charge in [0.15, 0.2) is 0 Å². The molecule has 1 aliphatic rings. The van der Waals surface area contributed by atoms with Gasteiger partial charge in [0.1, 0.15) is 11.5 Å². The van der Waals surface area contributed by atoms with Gasteiger partial charge in [0.05, 0.1) is 22.6 Å². The van der Waals surface area contributed by atoms with Gasteiger partial charge < -0.3 is 10.1 Å². The highest BCUT2D eigenvalue weighted by Gasteiger charge is 2.29. The molecule has 1 aliphatic carbocycles. The number of rotatable bonds is 5. The molecular weight excluding hydrogens is 403 g/mol. The first-order valence-corrected chi connectivity index (χ1v) is 10.0. The average molecular weight is 425 g/mol. The Hall–Kier alpha value is -2.12. The SMILES string of the molecule is CCOC(=O)C1CCC(NC(=O)c2nc(C)n(-c3c(Cl)cccc3Cl)n2)CC1. The maximum absolute atomic E-state index is 12.6. The lowest BCUT2D eigenvalue weighted by Gasteiger charge is -2.27. The molecule has 7 nitrogen and oxygen atoms in total. The van der Waals surface area contributed by atoms with Crippen LogP contribution < -0.4 is 5.32 Å². The molecule has 3 rings (SSSR count). The third-order valence-corrected chi connectivity index (χ3v) is 5.41. The second-order valence-electron chi connectivity index (χ2n) is 6.74. The molecule has 0 atom stereocenters. The van der Waals surface area contributed by atoms with Crippen LogP contribution in [0, 0.1) is 12.8 Å². The number of carbonyl (C=O) groups is 2. The van der Waals surface area contributed by atoms with Crippen LogP contribution in [0.5, 0.6) is 0 Å². The van der Waals surface area contributed by atoms with Crippen LogP contribution >= 0.6 is 23.2 Å². The van der Waals surface area contributed by atoms with E-state index in [2.05, 4.69) is 15.4 Å². The largest absolute Gasteiger partial charge is 0.466 e. The van der Waals surface area contributed by atoms with E-state index in [0.717, 1.165) is 0 Å². The van der Waals surface area contributed by atoms with Crippen molar-refractivity contribution >= 4 is 35.1 Å². The van der Waals surface area contributed by atoms with Crippen LogP contribution in [0.25, 0.3) is 5.69 Å². The van der Waals surface area contributed by atoms with Gasteiger partial charge in [-0.15, -0.1) is 5.10 Å². The van der Waals surface area contributed by atoms with E-state index in [-0.39, 0.29) is 29.7 Å². The van der Waals surface area contributed by atoms with Gasteiger partial charge in [0, 0.05) is 6.04 Å². The number of esters is 1. The number of para-hydroxylation sites is 1. The number of hydrogen-bond acceptors (Lipinski definition) is 5. The molecule has 0 saturated heterocycles. The minimum Gasteiger partial charge on any atom is -0.466 e. The Morgan fingerprint density at radius 3 is 2.46 bits per heavy atom. The molecule has 1 N–H and O–H groups in total. The standard InChI is InChI=1S/C19H22Cl2N4O3/c1-3-28-19(27)12-7-9-13(10-8-12)23-18(26)17-22-11(2)25(24-17)16-14(20)5-4-6-15(16)21/h4-6,12-13H,3,7-10H2,1-2H3,(H,23,26). The van der Waals surface area contributed by atoms with Gasteiger partial charge in [-0.3, -0.25) is 9.59 Å². The van der Waals surface area contributed by atoms with E-state index < -0.39 is 0 Å². The number of aromatic nitrogens is 3. The van der Waals surface area contributed by atoms with Crippen molar-refractivity contribution in [2.45, 2.75) is 45.6 Å². The minimum absolute atomic E-state index is 0.0191. The van der Waals surface area contributed by atoms with Gasteiger partial charge >= 0.3 is 5.97 Å². The Balaban J connectivity index is 1.66. The highest BCUT2D eigenvalue weighted by molar-refractivity contribution is 6.37. The maximum atomic E-state index is 12.6. The first-order valence-electron chi connectivity index (χ1n) is 9.26. The molecule has 9 heteroatoms. The van der Waals surface area contributed by atoms with Crippen LogP contribution in [0.4, 0.5) is 0 Å². The molecule has 1 heterocycles. The number of halogens is 2. The van der Waals surface area contributed by atoms with Crippen LogP contribution in [0.3, 0.4) is 0 Å². The first kappa shape index (κ1) is 20.6. The topological polar surface area (TPSA) is 86.1 Å². The zero-order valence-electron chi connectivity index (χ0n) is 15.7. The Morgan fingerprint density at radius 2 is 1.86 bits per heavy atom. The fraction of sp³-hybridized carbons (Fsp3) is 0.474. The lowest BCUT2D eigenvalue weighted by Crippen LogP contribution is -2.39. The van der Waals surface area contributed by atoms with Crippen molar-refractivity contribution < 1.29 is 14.3 Å². The average Bonchev–Trinajstić information content (AvgIpc) is 3.04. The molecule has 0 spiro atoms. The third kappa shape index (κ3) is 4.47. The number of benzene rings is 1. The van der Waals surface area contributed by atoms with Gasteiger partial charge in [-0.2, -0.15) is 0 Å². The van der Waals surface area contributed by atoms with E-state index in [1.54, 1.807) is 32.0 Å². The number of aryl methyl sites for hydroxylation is 1. The van der Waals surface area contributed by atoms with Crippen molar-refractivity contribution in [1.29, 1.82) is 0 Å². The van der Waals surface area contributed by atoms with Gasteiger partial charge in [0.2, 0.25) is 5.82 Å². The zero-order valence-corrected chi connectivity index (χ0v) is 17.3. The molecule has 0 unspecified atom stereocenters. The molecule has 1 aromatic carbocycles. The molecule has 1 fully saturated rings. The van der Waals surface area contributed by atoms with E-state index in [4.69, 9.17) is 27.9 Å². The van der Waals surface area contributed by atoms with E-state index in [1.807, 2.05) is 0 Å². The van der Waals surface area contributed by atoms with Crippen molar-refractivity contribution in [2.75, 3.05) is 6.61 Å². The van der Waals surface area contributed by atoms with Crippen LogP contribution in [-0.4, -0.2) is 39.3 Å². The van der Waals surface area contributed by atoms with E-state index >= 15 is 0 Å². The van der Waals surface area contributed by atoms with E-state index in [0.29, 0.717) is 53.8 Å². The van der Waals surface area contributed by atoms with Gasteiger partial charge in [-0.25, -0.2) is 9.67 Å². The Morgan fingerprint density at radius 1 is 1.21 bits per heavy atom. The van der Waals surface area contributed by atoms with Gasteiger partial charge in [-0.05, 0) is 51.7 Å². The fourth-order valence-corrected chi connectivity index (χ4v) is 3.93. The van der Waals surface area contributed by atoms with E-state index in [1.165, 1.54) is 4.68 Å². The van der Waals surface area contributed by atoms with Crippen molar-refractivity contribution in [3.63, 3.8) is 0 Å². The van der Waals surface area contributed by atoms with Crippen LogP contribution in [0.2, 0.25) is 10.0 Å². The predicted molar refractivity (Wildman–Crippen MR) is 106 cm³/mol. The summed E-state index contributed by atoms with van der Waals surface area (Å²) in [5, 5.41) is 8.08. The lowest BCUT2D eigenvalue weighted by atomic mass is 9.86.